The molecule has 2 aromatic carbocycles. The van der Waals surface area contributed by atoms with Crippen molar-refractivity contribution < 1.29 is 9.59 Å². The molecule has 4 rings (SSSR count). The minimum Gasteiger partial charge on any atom is -0.325 e. The number of amidine groups is 1. The van der Waals surface area contributed by atoms with Crippen molar-refractivity contribution >= 4 is 51.7 Å². The lowest BCUT2D eigenvalue weighted by Crippen LogP contribution is -2.49. The Balaban J connectivity index is 1.49. The van der Waals surface area contributed by atoms with E-state index in [4.69, 9.17) is 11.6 Å². The number of amides is 2. The Morgan fingerprint density at radius 1 is 1.21 bits per heavy atom. The number of hydrazine groups is 1. The lowest BCUT2D eigenvalue weighted by Gasteiger charge is -2.32. The van der Waals surface area contributed by atoms with Crippen LogP contribution in [0, 0.1) is 5.92 Å². The Hall–Kier alpha value is -2.39. The van der Waals surface area contributed by atoms with Gasteiger partial charge in [-0.25, -0.2) is 10.4 Å². The van der Waals surface area contributed by atoms with Crippen LogP contribution in [-0.2, 0) is 9.59 Å². The van der Waals surface area contributed by atoms with Crippen molar-refractivity contribution in [2.75, 3.05) is 22.5 Å². The summed E-state index contributed by atoms with van der Waals surface area (Å²) in [7, 11) is 0. The number of nitrogens with zero attached hydrogens (tertiary/aromatic N) is 2. The highest BCUT2D eigenvalue weighted by atomic mass is 35.5. The second kappa shape index (κ2) is 8.32. The molecule has 7 nitrogen and oxygen atoms in total. The highest BCUT2D eigenvalue weighted by molar-refractivity contribution is 8.14. The van der Waals surface area contributed by atoms with Crippen LogP contribution in [0.25, 0.3) is 0 Å². The molecule has 0 bridgehead atoms. The second-order valence-electron chi connectivity index (χ2n) is 6.34. The molecule has 2 atom stereocenters. The van der Waals surface area contributed by atoms with Gasteiger partial charge in [0.1, 0.15) is 6.17 Å². The Labute approximate surface area is 171 Å². The van der Waals surface area contributed by atoms with Crippen molar-refractivity contribution in [3.05, 3.63) is 59.6 Å². The molecule has 1 fully saturated rings. The minimum atomic E-state index is -0.325. The number of benzene rings is 2. The molecule has 2 amide bonds. The standard InChI is InChI=1S/C19H18ClN5O2S/c20-12-6-8-13(9-7-12)22-16(26)11-28-19-23-17-15(10-21-24-17)18(27)25(19)14-4-2-1-3-5-14/h1-9,15,17,21,24H,10-11H2,(H,22,26). The SMILES string of the molecule is O=C(CSC1=NC2NNCC2C(=O)N1c1ccccc1)Nc1ccc(Cl)cc1. The second-order valence-corrected chi connectivity index (χ2v) is 7.72. The summed E-state index contributed by atoms with van der Waals surface area (Å²) < 4.78 is 0. The van der Waals surface area contributed by atoms with Crippen LogP contribution in [0.4, 0.5) is 11.4 Å². The maximum absolute atomic E-state index is 13.0. The van der Waals surface area contributed by atoms with E-state index in [9.17, 15) is 9.59 Å². The van der Waals surface area contributed by atoms with Gasteiger partial charge in [0.25, 0.3) is 0 Å². The summed E-state index contributed by atoms with van der Waals surface area (Å²) in [5.41, 5.74) is 7.40. The number of rotatable bonds is 4. The van der Waals surface area contributed by atoms with Gasteiger partial charge < -0.3 is 5.32 Å². The third-order valence-electron chi connectivity index (χ3n) is 4.41. The molecule has 3 N–H and O–H groups in total. The van der Waals surface area contributed by atoms with Gasteiger partial charge in [0.05, 0.1) is 17.4 Å². The molecule has 0 spiro atoms. The fourth-order valence-electron chi connectivity index (χ4n) is 3.04. The summed E-state index contributed by atoms with van der Waals surface area (Å²) in [6.07, 6.45) is -0.325. The Kier molecular flexibility index (Phi) is 5.63. The average Bonchev–Trinajstić information content (AvgIpc) is 3.18. The number of hydrogen-bond acceptors (Lipinski definition) is 6. The number of thioether (sulfide) groups is 1. The van der Waals surface area contributed by atoms with Crippen LogP contribution < -0.4 is 21.1 Å². The number of aliphatic imine (C=N–C) groups is 1. The van der Waals surface area contributed by atoms with Gasteiger partial charge in [0.15, 0.2) is 5.17 Å². The van der Waals surface area contributed by atoms with E-state index in [1.54, 1.807) is 29.2 Å². The summed E-state index contributed by atoms with van der Waals surface area (Å²) in [6, 6.07) is 16.3. The zero-order chi connectivity index (χ0) is 19.5. The number of carbonyl (C=O) groups is 2. The van der Waals surface area contributed by atoms with Crippen LogP contribution in [0.2, 0.25) is 5.02 Å². The van der Waals surface area contributed by atoms with E-state index in [0.29, 0.717) is 22.4 Å². The topological polar surface area (TPSA) is 85.8 Å². The normalized spacial score (nSPS) is 21.2. The molecule has 0 aromatic heterocycles. The van der Waals surface area contributed by atoms with Crippen LogP contribution in [0.15, 0.2) is 59.6 Å². The Morgan fingerprint density at radius 3 is 2.71 bits per heavy atom. The van der Waals surface area contributed by atoms with Crippen molar-refractivity contribution in [3.63, 3.8) is 0 Å². The summed E-state index contributed by atoms with van der Waals surface area (Å²) in [4.78, 5) is 31.6. The summed E-state index contributed by atoms with van der Waals surface area (Å²) >= 11 is 7.09. The van der Waals surface area contributed by atoms with E-state index >= 15 is 0 Å². The third-order valence-corrected chi connectivity index (χ3v) is 5.61. The number of para-hydroxylation sites is 1. The largest absolute Gasteiger partial charge is 0.325 e. The summed E-state index contributed by atoms with van der Waals surface area (Å²) in [5, 5.41) is 3.92. The van der Waals surface area contributed by atoms with E-state index in [2.05, 4.69) is 21.2 Å². The van der Waals surface area contributed by atoms with Crippen molar-refractivity contribution in [2.24, 2.45) is 10.9 Å². The van der Waals surface area contributed by atoms with Crippen molar-refractivity contribution in [3.8, 4) is 0 Å². The van der Waals surface area contributed by atoms with Gasteiger partial charge >= 0.3 is 0 Å². The predicted octanol–water partition coefficient (Wildman–Crippen LogP) is 2.46. The van der Waals surface area contributed by atoms with E-state index in [0.717, 1.165) is 5.69 Å². The molecular formula is C19H18ClN5O2S. The lowest BCUT2D eigenvalue weighted by molar-refractivity contribution is -0.121. The third kappa shape index (κ3) is 4.05. The average molecular weight is 416 g/mol. The van der Waals surface area contributed by atoms with Crippen LogP contribution in [-0.4, -0.2) is 35.4 Å². The number of nitrogens with one attached hydrogen (secondary N) is 3. The van der Waals surface area contributed by atoms with E-state index in [1.165, 1.54) is 11.8 Å². The molecule has 0 aliphatic carbocycles. The van der Waals surface area contributed by atoms with Crippen LogP contribution in [0.5, 0.6) is 0 Å². The molecular weight excluding hydrogens is 398 g/mol. The quantitative estimate of drug-likeness (QED) is 0.714. The zero-order valence-electron chi connectivity index (χ0n) is 14.8. The summed E-state index contributed by atoms with van der Waals surface area (Å²) in [6.45, 7) is 0.519. The molecule has 0 saturated carbocycles. The van der Waals surface area contributed by atoms with E-state index in [-0.39, 0.29) is 29.7 Å². The number of hydrogen-bond donors (Lipinski definition) is 3. The maximum Gasteiger partial charge on any atom is 0.241 e. The molecule has 28 heavy (non-hydrogen) atoms. The van der Waals surface area contributed by atoms with Crippen LogP contribution in [0.1, 0.15) is 0 Å². The minimum absolute atomic E-state index is 0.0377. The first-order valence-corrected chi connectivity index (χ1v) is 10.1. The van der Waals surface area contributed by atoms with Crippen LogP contribution in [0.3, 0.4) is 0 Å². The maximum atomic E-state index is 13.0. The molecule has 2 aliphatic rings. The highest BCUT2D eigenvalue weighted by Crippen LogP contribution is 2.29. The van der Waals surface area contributed by atoms with E-state index < -0.39 is 0 Å². The van der Waals surface area contributed by atoms with Gasteiger partial charge in [-0.3, -0.25) is 19.9 Å². The number of fused-ring (bicyclic) bond motifs is 1. The zero-order valence-corrected chi connectivity index (χ0v) is 16.3. The van der Waals surface area contributed by atoms with Gasteiger partial charge in [-0.15, -0.1) is 0 Å². The molecule has 9 heteroatoms. The van der Waals surface area contributed by atoms with Crippen LogP contribution >= 0.6 is 23.4 Å². The first-order valence-electron chi connectivity index (χ1n) is 8.75. The number of anilines is 2. The fraction of sp³-hybridized carbons (Fsp3) is 0.211. The predicted molar refractivity (Wildman–Crippen MR) is 112 cm³/mol. The fourth-order valence-corrected chi connectivity index (χ4v) is 4.01. The van der Waals surface area contributed by atoms with Crippen molar-refractivity contribution in [1.29, 1.82) is 0 Å². The lowest BCUT2D eigenvalue weighted by atomic mass is 10.1. The molecule has 2 unspecified atom stereocenters. The molecule has 2 heterocycles. The van der Waals surface area contributed by atoms with Crippen molar-refractivity contribution in [1.82, 2.24) is 10.9 Å². The smallest absolute Gasteiger partial charge is 0.241 e. The van der Waals surface area contributed by atoms with Gasteiger partial charge in [0.2, 0.25) is 11.8 Å². The highest BCUT2D eigenvalue weighted by Gasteiger charge is 2.42. The van der Waals surface area contributed by atoms with E-state index in [1.807, 2.05) is 30.3 Å². The number of carbonyl (C=O) groups excluding carboxylic acids is 2. The summed E-state index contributed by atoms with van der Waals surface area (Å²) in [5.74, 6) is -0.366. The van der Waals surface area contributed by atoms with Crippen molar-refractivity contribution in [2.45, 2.75) is 6.17 Å². The molecule has 2 aromatic rings. The molecule has 0 radical (unpaired) electrons. The Bertz CT molecular complexity index is 906. The van der Waals surface area contributed by atoms with Gasteiger partial charge in [-0.05, 0) is 36.4 Å². The number of halogens is 1. The molecule has 144 valence electrons. The molecule has 2 aliphatic heterocycles. The first kappa shape index (κ1) is 18.9. The van der Waals surface area contributed by atoms with Gasteiger partial charge in [-0.2, -0.15) is 0 Å². The van der Waals surface area contributed by atoms with Gasteiger partial charge in [0, 0.05) is 17.3 Å². The monoisotopic (exact) mass is 415 g/mol. The molecule has 1 saturated heterocycles. The van der Waals surface area contributed by atoms with Gasteiger partial charge in [-0.1, -0.05) is 41.6 Å². The Morgan fingerprint density at radius 2 is 1.96 bits per heavy atom. The first-order chi connectivity index (χ1) is 13.6.